The third-order valence-corrected chi connectivity index (χ3v) is 3.29. The molecule has 3 rings (SSSR count). The van der Waals surface area contributed by atoms with Crippen LogP contribution >= 0.6 is 0 Å². The first kappa shape index (κ1) is 12.0. The molecule has 0 saturated carbocycles. The zero-order valence-electron chi connectivity index (χ0n) is 10.3. The van der Waals surface area contributed by atoms with Gasteiger partial charge in [0.1, 0.15) is 11.2 Å². The van der Waals surface area contributed by atoms with Crippen LogP contribution in [0.3, 0.4) is 0 Å². The molecule has 2 heterocycles. The smallest absolute Gasteiger partial charge is 0.205 e. The fourth-order valence-corrected chi connectivity index (χ4v) is 2.16. The summed E-state index contributed by atoms with van der Waals surface area (Å²) in [5.41, 5.74) is 6.30. The van der Waals surface area contributed by atoms with Crippen molar-refractivity contribution < 1.29 is 9.53 Å². The predicted octanol–water partition coefficient (Wildman–Crippen LogP) is 0.568. The lowest BCUT2D eigenvalue weighted by molar-refractivity contribution is 0.0855. The quantitative estimate of drug-likeness (QED) is 0.814. The summed E-state index contributed by atoms with van der Waals surface area (Å²) >= 11 is 0. The van der Waals surface area contributed by atoms with Gasteiger partial charge in [-0.1, -0.05) is 23.4 Å². The molecule has 2 aromatic rings. The molecule has 0 amide bonds. The standard InChI is InChI=1S/C13H14N4O2/c14-13(6-7-19-9-13)12(18)11-8-15-16-17(11)10-4-2-1-3-5-10/h1-5,8H,6-7,9,14H2. The van der Waals surface area contributed by atoms with E-state index < -0.39 is 5.54 Å². The van der Waals surface area contributed by atoms with Gasteiger partial charge in [-0.25, -0.2) is 4.68 Å². The molecular formula is C13H14N4O2. The monoisotopic (exact) mass is 258 g/mol. The van der Waals surface area contributed by atoms with Crippen molar-refractivity contribution in [2.24, 2.45) is 5.73 Å². The zero-order valence-corrected chi connectivity index (χ0v) is 10.3. The first-order valence-electron chi connectivity index (χ1n) is 6.08. The molecule has 1 saturated heterocycles. The van der Waals surface area contributed by atoms with E-state index in [1.165, 1.54) is 10.9 Å². The van der Waals surface area contributed by atoms with E-state index in [0.29, 0.717) is 18.7 Å². The van der Waals surface area contributed by atoms with Crippen LogP contribution < -0.4 is 5.73 Å². The Balaban J connectivity index is 1.99. The Morgan fingerprint density at radius 3 is 2.84 bits per heavy atom. The molecule has 0 radical (unpaired) electrons. The highest BCUT2D eigenvalue weighted by molar-refractivity contribution is 6.02. The average molecular weight is 258 g/mol. The van der Waals surface area contributed by atoms with Crippen LogP contribution in [0, 0.1) is 0 Å². The Hall–Kier alpha value is -2.05. The van der Waals surface area contributed by atoms with Gasteiger partial charge in [0.05, 0.1) is 18.5 Å². The molecule has 1 aliphatic rings. The van der Waals surface area contributed by atoms with Crippen molar-refractivity contribution in [3.8, 4) is 5.69 Å². The number of hydrogen-bond donors (Lipinski definition) is 1. The second kappa shape index (κ2) is 4.56. The van der Waals surface area contributed by atoms with Crippen molar-refractivity contribution in [2.45, 2.75) is 12.0 Å². The van der Waals surface area contributed by atoms with Gasteiger partial charge in [0.15, 0.2) is 0 Å². The van der Waals surface area contributed by atoms with E-state index >= 15 is 0 Å². The minimum atomic E-state index is -0.964. The van der Waals surface area contributed by atoms with E-state index in [2.05, 4.69) is 10.3 Å². The maximum atomic E-state index is 12.5. The first-order chi connectivity index (χ1) is 9.21. The number of ketones is 1. The van der Waals surface area contributed by atoms with Crippen LogP contribution in [-0.2, 0) is 4.74 Å². The number of ether oxygens (including phenoxy) is 1. The molecular weight excluding hydrogens is 244 g/mol. The molecule has 0 aliphatic carbocycles. The molecule has 1 aromatic heterocycles. The number of rotatable bonds is 3. The summed E-state index contributed by atoms with van der Waals surface area (Å²) in [6.45, 7) is 0.751. The SMILES string of the molecule is NC1(C(=O)c2cnnn2-c2ccccc2)CCOC1. The van der Waals surface area contributed by atoms with Gasteiger partial charge in [0.25, 0.3) is 0 Å². The molecule has 2 N–H and O–H groups in total. The molecule has 6 nitrogen and oxygen atoms in total. The third-order valence-electron chi connectivity index (χ3n) is 3.29. The Kier molecular flexibility index (Phi) is 2.88. The summed E-state index contributed by atoms with van der Waals surface area (Å²) in [5.74, 6) is -0.182. The van der Waals surface area contributed by atoms with Gasteiger partial charge in [-0.05, 0) is 18.6 Å². The van der Waals surface area contributed by atoms with Crippen LogP contribution in [0.25, 0.3) is 5.69 Å². The van der Waals surface area contributed by atoms with E-state index in [1.54, 1.807) is 0 Å². The summed E-state index contributed by atoms with van der Waals surface area (Å²) in [7, 11) is 0. The van der Waals surface area contributed by atoms with E-state index in [4.69, 9.17) is 10.5 Å². The Morgan fingerprint density at radius 1 is 1.37 bits per heavy atom. The predicted molar refractivity (Wildman–Crippen MR) is 68.0 cm³/mol. The number of Topliss-reactive ketones (excluding diaryl/α,β-unsaturated/α-hetero) is 1. The van der Waals surface area contributed by atoms with Crippen LogP contribution in [-0.4, -0.2) is 39.5 Å². The largest absolute Gasteiger partial charge is 0.379 e. The lowest BCUT2D eigenvalue weighted by atomic mass is 9.92. The van der Waals surface area contributed by atoms with Crippen molar-refractivity contribution in [1.82, 2.24) is 15.0 Å². The lowest BCUT2D eigenvalue weighted by Gasteiger charge is -2.19. The normalized spacial score (nSPS) is 22.6. The van der Waals surface area contributed by atoms with Gasteiger partial charge in [-0.3, -0.25) is 4.79 Å². The van der Waals surface area contributed by atoms with Gasteiger partial charge >= 0.3 is 0 Å². The molecule has 1 unspecified atom stereocenters. The highest BCUT2D eigenvalue weighted by atomic mass is 16.5. The van der Waals surface area contributed by atoms with Gasteiger partial charge in [-0.15, -0.1) is 5.10 Å². The number of aromatic nitrogens is 3. The third kappa shape index (κ3) is 2.05. The molecule has 1 aromatic carbocycles. The number of para-hydroxylation sites is 1. The second-order valence-electron chi connectivity index (χ2n) is 4.65. The van der Waals surface area contributed by atoms with Crippen LogP contribution in [0.4, 0.5) is 0 Å². The molecule has 1 aliphatic heterocycles. The fraction of sp³-hybridized carbons (Fsp3) is 0.308. The number of hydrogen-bond acceptors (Lipinski definition) is 5. The van der Waals surface area contributed by atoms with Gasteiger partial charge in [0, 0.05) is 6.61 Å². The second-order valence-corrected chi connectivity index (χ2v) is 4.65. The number of carbonyl (C=O) groups is 1. The minimum absolute atomic E-state index is 0.182. The van der Waals surface area contributed by atoms with Crippen molar-refractivity contribution in [3.63, 3.8) is 0 Å². The van der Waals surface area contributed by atoms with Crippen LogP contribution in [0.1, 0.15) is 16.9 Å². The van der Waals surface area contributed by atoms with Gasteiger partial charge in [-0.2, -0.15) is 0 Å². The van der Waals surface area contributed by atoms with Gasteiger partial charge in [0.2, 0.25) is 5.78 Å². The van der Waals surface area contributed by atoms with Gasteiger partial charge < -0.3 is 10.5 Å². The highest BCUT2D eigenvalue weighted by Crippen LogP contribution is 2.21. The number of nitrogens with two attached hydrogens (primary N) is 1. The molecule has 1 fully saturated rings. The Bertz CT molecular complexity index is 588. The van der Waals surface area contributed by atoms with Crippen LogP contribution in [0.15, 0.2) is 36.5 Å². The zero-order chi connectivity index (χ0) is 13.3. The van der Waals surface area contributed by atoms with Crippen molar-refractivity contribution in [1.29, 1.82) is 0 Å². The van der Waals surface area contributed by atoms with E-state index in [1.807, 2.05) is 30.3 Å². The molecule has 19 heavy (non-hydrogen) atoms. The van der Waals surface area contributed by atoms with Crippen molar-refractivity contribution in [2.75, 3.05) is 13.2 Å². The van der Waals surface area contributed by atoms with E-state index in [0.717, 1.165) is 5.69 Å². The molecule has 0 bridgehead atoms. The summed E-state index contributed by atoms with van der Waals surface area (Å²) in [5, 5.41) is 7.78. The lowest BCUT2D eigenvalue weighted by Crippen LogP contribution is -2.49. The van der Waals surface area contributed by atoms with Crippen molar-refractivity contribution in [3.05, 3.63) is 42.2 Å². The van der Waals surface area contributed by atoms with Crippen molar-refractivity contribution >= 4 is 5.78 Å². The van der Waals surface area contributed by atoms with E-state index in [9.17, 15) is 4.79 Å². The molecule has 1 atom stereocenters. The molecule has 0 spiro atoms. The maximum absolute atomic E-state index is 12.5. The van der Waals surface area contributed by atoms with Crippen LogP contribution in [0.5, 0.6) is 0 Å². The summed E-state index contributed by atoms with van der Waals surface area (Å²) in [6, 6.07) is 9.38. The summed E-state index contributed by atoms with van der Waals surface area (Å²) in [4.78, 5) is 12.5. The highest BCUT2D eigenvalue weighted by Gasteiger charge is 2.40. The Morgan fingerprint density at radius 2 is 2.16 bits per heavy atom. The minimum Gasteiger partial charge on any atom is -0.379 e. The summed E-state index contributed by atoms with van der Waals surface area (Å²) in [6.07, 6.45) is 1.97. The first-order valence-corrected chi connectivity index (χ1v) is 6.08. The molecule has 98 valence electrons. The number of benzene rings is 1. The molecule has 6 heteroatoms. The maximum Gasteiger partial charge on any atom is 0.205 e. The Labute approximate surface area is 110 Å². The number of nitrogens with zero attached hydrogens (tertiary/aromatic N) is 3. The fourth-order valence-electron chi connectivity index (χ4n) is 2.16. The number of carbonyl (C=O) groups excluding carboxylic acids is 1. The van der Waals surface area contributed by atoms with Crippen LogP contribution in [0.2, 0.25) is 0 Å². The van der Waals surface area contributed by atoms with E-state index in [-0.39, 0.29) is 12.4 Å². The summed E-state index contributed by atoms with van der Waals surface area (Å²) < 4.78 is 6.74. The average Bonchev–Trinajstić information content (AvgIpc) is 3.08. The topological polar surface area (TPSA) is 83.0 Å².